The summed E-state index contributed by atoms with van der Waals surface area (Å²) in [5.74, 6) is -2.66. The quantitative estimate of drug-likeness (QED) is 0.900. The molecule has 0 spiro atoms. The number of carbonyl (C=O) groups is 2. The van der Waals surface area contributed by atoms with Crippen LogP contribution in [0.5, 0.6) is 0 Å². The lowest BCUT2D eigenvalue weighted by atomic mass is 9.69. The van der Waals surface area contributed by atoms with E-state index >= 15 is 0 Å². The van der Waals surface area contributed by atoms with Gasteiger partial charge in [-0.3, -0.25) is 9.59 Å². The van der Waals surface area contributed by atoms with Gasteiger partial charge in [-0.25, -0.2) is 4.39 Å². The minimum absolute atomic E-state index is 0.0311. The number of amides is 1. The minimum atomic E-state index is -1.31. The van der Waals surface area contributed by atoms with Crippen molar-refractivity contribution in [3.05, 3.63) is 34.1 Å². The molecule has 0 bridgehead atoms. The van der Waals surface area contributed by atoms with E-state index in [2.05, 4.69) is 0 Å². The Balaban J connectivity index is 2.60. The number of rotatable bonds is 3. The zero-order chi connectivity index (χ0) is 14.9. The van der Waals surface area contributed by atoms with Crippen molar-refractivity contribution in [2.45, 2.75) is 37.5 Å². The predicted octanol–water partition coefficient (Wildman–Crippen LogP) is 2.86. The van der Waals surface area contributed by atoms with Gasteiger partial charge in [0, 0.05) is 16.1 Å². The van der Waals surface area contributed by atoms with Crippen LogP contribution < -0.4 is 5.73 Å². The third-order valence-corrected chi connectivity index (χ3v) is 4.22. The van der Waals surface area contributed by atoms with Crippen LogP contribution in [-0.4, -0.2) is 17.0 Å². The number of carboxylic acid groups (broad SMARTS) is 1. The molecular weight excluding hydrogens is 285 g/mol. The Morgan fingerprint density at radius 1 is 1.25 bits per heavy atom. The van der Waals surface area contributed by atoms with Gasteiger partial charge in [0.1, 0.15) is 5.82 Å². The van der Waals surface area contributed by atoms with Gasteiger partial charge < -0.3 is 10.8 Å². The van der Waals surface area contributed by atoms with Crippen LogP contribution in [0.25, 0.3) is 0 Å². The van der Waals surface area contributed by atoms with Crippen molar-refractivity contribution >= 4 is 23.5 Å². The Labute approximate surface area is 120 Å². The van der Waals surface area contributed by atoms with Gasteiger partial charge >= 0.3 is 5.97 Å². The van der Waals surface area contributed by atoms with Crippen LogP contribution in [0.3, 0.4) is 0 Å². The molecule has 1 fully saturated rings. The molecule has 4 nitrogen and oxygen atoms in total. The maximum absolute atomic E-state index is 14.3. The number of hydrogen-bond acceptors (Lipinski definition) is 2. The second-order valence-corrected chi connectivity index (χ2v) is 5.53. The first-order valence-corrected chi connectivity index (χ1v) is 6.79. The summed E-state index contributed by atoms with van der Waals surface area (Å²) in [6.07, 6.45) is 3.02. The van der Waals surface area contributed by atoms with E-state index in [1.165, 1.54) is 6.07 Å². The van der Waals surface area contributed by atoms with Crippen molar-refractivity contribution in [2.24, 2.45) is 5.73 Å². The number of nitrogens with two attached hydrogens (primary N) is 1. The number of halogens is 2. The normalized spacial score (nSPS) is 17.7. The zero-order valence-corrected chi connectivity index (χ0v) is 11.5. The summed E-state index contributed by atoms with van der Waals surface area (Å²) in [5, 5.41) is 9.50. The van der Waals surface area contributed by atoms with E-state index in [0.29, 0.717) is 25.7 Å². The molecule has 0 saturated heterocycles. The van der Waals surface area contributed by atoms with Crippen LogP contribution >= 0.6 is 11.6 Å². The Morgan fingerprint density at radius 2 is 1.85 bits per heavy atom. The number of carboxylic acids is 1. The van der Waals surface area contributed by atoms with Gasteiger partial charge in [-0.05, 0) is 25.0 Å². The number of carbonyl (C=O) groups excluding carboxylic acids is 1. The summed E-state index contributed by atoms with van der Waals surface area (Å²) in [6, 6.07) is 2.20. The molecule has 20 heavy (non-hydrogen) atoms. The molecule has 3 N–H and O–H groups in total. The maximum atomic E-state index is 14.3. The number of hydrogen-bond donors (Lipinski definition) is 2. The van der Waals surface area contributed by atoms with Gasteiger partial charge in [-0.15, -0.1) is 0 Å². The van der Waals surface area contributed by atoms with Crippen molar-refractivity contribution in [1.29, 1.82) is 0 Å². The molecule has 0 radical (unpaired) electrons. The molecule has 0 aromatic heterocycles. The maximum Gasteiger partial charge on any atom is 0.314 e. The largest absolute Gasteiger partial charge is 0.481 e. The number of benzene rings is 1. The van der Waals surface area contributed by atoms with Crippen molar-refractivity contribution in [2.75, 3.05) is 0 Å². The first-order valence-electron chi connectivity index (χ1n) is 6.41. The highest BCUT2D eigenvalue weighted by molar-refractivity contribution is 6.32. The molecule has 1 amide bonds. The molecule has 1 aromatic rings. The smallest absolute Gasteiger partial charge is 0.314 e. The van der Waals surface area contributed by atoms with Gasteiger partial charge in [0.25, 0.3) is 0 Å². The highest BCUT2D eigenvalue weighted by Crippen LogP contribution is 2.44. The average Bonchev–Trinajstić information content (AvgIpc) is 2.38. The van der Waals surface area contributed by atoms with E-state index in [-0.39, 0.29) is 16.1 Å². The van der Waals surface area contributed by atoms with Crippen molar-refractivity contribution in [3.63, 3.8) is 0 Å². The van der Waals surface area contributed by atoms with E-state index in [1.54, 1.807) is 0 Å². The molecule has 0 aliphatic heterocycles. The Morgan fingerprint density at radius 3 is 2.30 bits per heavy atom. The molecule has 0 heterocycles. The Kier molecular flexibility index (Phi) is 3.99. The van der Waals surface area contributed by atoms with E-state index in [1.807, 2.05) is 0 Å². The van der Waals surface area contributed by atoms with Crippen LogP contribution in [0, 0.1) is 5.82 Å². The molecule has 1 saturated carbocycles. The van der Waals surface area contributed by atoms with E-state index in [4.69, 9.17) is 17.3 Å². The summed E-state index contributed by atoms with van der Waals surface area (Å²) >= 11 is 6.03. The topological polar surface area (TPSA) is 80.4 Å². The van der Waals surface area contributed by atoms with Crippen LogP contribution in [0.2, 0.25) is 5.02 Å². The summed E-state index contributed by atoms with van der Waals surface area (Å²) in [4.78, 5) is 22.8. The molecule has 108 valence electrons. The van der Waals surface area contributed by atoms with Crippen molar-refractivity contribution < 1.29 is 19.1 Å². The molecule has 1 aromatic carbocycles. The predicted molar refractivity (Wildman–Crippen MR) is 72.3 cm³/mol. The van der Waals surface area contributed by atoms with Crippen molar-refractivity contribution in [1.82, 2.24) is 0 Å². The van der Waals surface area contributed by atoms with Gasteiger partial charge in [0.05, 0.1) is 5.41 Å². The SMILES string of the molecule is NC(=O)c1cc(F)c(C2(C(=O)O)CCCCC2)c(Cl)c1. The molecule has 2 rings (SSSR count). The highest BCUT2D eigenvalue weighted by atomic mass is 35.5. The van der Waals surface area contributed by atoms with Crippen molar-refractivity contribution in [3.8, 4) is 0 Å². The molecule has 6 heteroatoms. The van der Waals surface area contributed by atoms with Gasteiger partial charge in [0.2, 0.25) is 5.91 Å². The molecule has 1 aliphatic rings. The first kappa shape index (κ1) is 14.8. The van der Waals surface area contributed by atoms with Gasteiger partial charge in [0.15, 0.2) is 0 Å². The monoisotopic (exact) mass is 299 g/mol. The lowest BCUT2D eigenvalue weighted by Gasteiger charge is -2.34. The number of primary amides is 1. The third kappa shape index (κ3) is 2.38. The fourth-order valence-corrected chi connectivity index (χ4v) is 3.29. The average molecular weight is 300 g/mol. The Hall–Kier alpha value is -1.62. The van der Waals surface area contributed by atoms with Crippen LogP contribution in [-0.2, 0) is 10.2 Å². The number of aliphatic carboxylic acids is 1. The van der Waals surface area contributed by atoms with E-state index in [9.17, 15) is 19.1 Å². The van der Waals surface area contributed by atoms with Crippen LogP contribution in [0.1, 0.15) is 48.0 Å². The lowest BCUT2D eigenvalue weighted by Crippen LogP contribution is -2.39. The molecule has 0 atom stereocenters. The fourth-order valence-electron chi connectivity index (χ4n) is 2.90. The first-order chi connectivity index (χ1) is 9.38. The van der Waals surface area contributed by atoms with Crippen LogP contribution in [0.15, 0.2) is 12.1 Å². The van der Waals surface area contributed by atoms with E-state index < -0.39 is 23.1 Å². The van der Waals surface area contributed by atoms with Gasteiger partial charge in [-0.2, -0.15) is 0 Å². The lowest BCUT2D eigenvalue weighted by molar-refractivity contribution is -0.145. The van der Waals surface area contributed by atoms with Gasteiger partial charge in [-0.1, -0.05) is 30.9 Å². The minimum Gasteiger partial charge on any atom is -0.481 e. The summed E-state index contributed by atoms with van der Waals surface area (Å²) in [7, 11) is 0. The van der Waals surface area contributed by atoms with Crippen LogP contribution in [0.4, 0.5) is 4.39 Å². The zero-order valence-electron chi connectivity index (χ0n) is 10.8. The second-order valence-electron chi connectivity index (χ2n) is 5.13. The highest BCUT2D eigenvalue weighted by Gasteiger charge is 2.44. The molecule has 0 unspecified atom stereocenters. The standard InChI is InChI=1S/C14H15ClFNO3/c15-9-6-8(12(17)18)7-10(16)11(9)14(13(19)20)4-2-1-3-5-14/h6-7H,1-5H2,(H2,17,18)(H,19,20). The molecule has 1 aliphatic carbocycles. The second kappa shape index (κ2) is 5.40. The third-order valence-electron chi connectivity index (χ3n) is 3.92. The summed E-state index contributed by atoms with van der Waals surface area (Å²) in [5.41, 5.74) is 3.69. The Bertz CT molecular complexity index is 545. The summed E-state index contributed by atoms with van der Waals surface area (Å²) in [6.45, 7) is 0. The summed E-state index contributed by atoms with van der Waals surface area (Å²) < 4.78 is 14.3. The molecular formula is C14H15ClFNO3. The van der Waals surface area contributed by atoms with E-state index in [0.717, 1.165) is 12.5 Å². The fraction of sp³-hybridized carbons (Fsp3) is 0.429.